The van der Waals surface area contributed by atoms with Crippen molar-refractivity contribution in [3.63, 3.8) is 0 Å². The van der Waals surface area contributed by atoms with E-state index in [0.717, 1.165) is 28.7 Å². The van der Waals surface area contributed by atoms with Crippen molar-refractivity contribution in [1.82, 2.24) is 10.2 Å². The molecule has 0 radical (unpaired) electrons. The topological polar surface area (TPSA) is 84.9 Å². The lowest BCUT2D eigenvalue weighted by atomic mass is 9.92. The maximum absolute atomic E-state index is 13.0. The number of benzene rings is 2. The molecule has 7 heteroatoms. The molecule has 0 spiro atoms. The van der Waals surface area contributed by atoms with E-state index >= 15 is 0 Å². The molecule has 1 aliphatic rings. The van der Waals surface area contributed by atoms with E-state index < -0.39 is 11.7 Å². The van der Waals surface area contributed by atoms with Gasteiger partial charge in [-0.3, -0.25) is 9.59 Å². The van der Waals surface area contributed by atoms with Crippen molar-refractivity contribution in [2.75, 3.05) is 26.2 Å². The molecule has 0 saturated heterocycles. The molecule has 7 nitrogen and oxygen atoms in total. The highest BCUT2D eigenvalue weighted by Gasteiger charge is 2.29. The van der Waals surface area contributed by atoms with Crippen LogP contribution in [0.15, 0.2) is 48.5 Å². The number of fused-ring (bicyclic) bond motifs is 3. The number of amides is 2. The Morgan fingerprint density at radius 2 is 1.43 bits per heavy atom. The minimum Gasteiger partial charge on any atom is -0.460 e. The Bertz CT molecular complexity index is 1070. The Labute approximate surface area is 220 Å². The molecule has 37 heavy (non-hydrogen) atoms. The molecule has 1 aliphatic carbocycles. The number of nitrogens with zero attached hydrogens (tertiary/aromatic N) is 1. The van der Waals surface area contributed by atoms with Crippen LogP contribution in [0.25, 0.3) is 11.1 Å². The summed E-state index contributed by atoms with van der Waals surface area (Å²) < 4.78 is 10.9. The van der Waals surface area contributed by atoms with E-state index in [2.05, 4.69) is 50.4 Å². The molecular formula is C30H40N2O5. The van der Waals surface area contributed by atoms with Gasteiger partial charge in [-0.25, -0.2) is 4.79 Å². The molecule has 0 unspecified atom stereocenters. The predicted octanol–water partition coefficient (Wildman–Crippen LogP) is 5.52. The lowest BCUT2D eigenvalue weighted by molar-refractivity contribution is -0.155. The number of hydrogen-bond acceptors (Lipinski definition) is 5. The van der Waals surface area contributed by atoms with E-state index in [9.17, 15) is 14.4 Å². The Morgan fingerprint density at radius 3 is 1.97 bits per heavy atom. The van der Waals surface area contributed by atoms with Crippen molar-refractivity contribution in [2.45, 2.75) is 65.9 Å². The monoisotopic (exact) mass is 508 g/mol. The zero-order chi connectivity index (χ0) is 27.2. The van der Waals surface area contributed by atoms with E-state index in [0.29, 0.717) is 6.54 Å². The summed E-state index contributed by atoms with van der Waals surface area (Å²) in [6, 6.07) is 16.3. The normalized spacial score (nSPS) is 12.9. The Kier molecular flexibility index (Phi) is 9.00. The maximum atomic E-state index is 13.0. The lowest BCUT2D eigenvalue weighted by Gasteiger charge is -2.27. The van der Waals surface area contributed by atoms with Crippen LogP contribution in [0, 0.1) is 5.41 Å². The zero-order valence-electron chi connectivity index (χ0n) is 22.9. The van der Waals surface area contributed by atoms with Crippen molar-refractivity contribution < 1.29 is 23.9 Å². The summed E-state index contributed by atoms with van der Waals surface area (Å²) in [6.45, 7) is 12.4. The maximum Gasteiger partial charge on any atom is 0.407 e. The number of ether oxygens (including phenoxy) is 2. The lowest BCUT2D eigenvalue weighted by Crippen LogP contribution is -2.43. The third-order valence-corrected chi connectivity index (χ3v) is 6.22. The van der Waals surface area contributed by atoms with Crippen molar-refractivity contribution in [1.29, 1.82) is 0 Å². The molecular weight excluding hydrogens is 468 g/mol. The number of carbonyl (C=O) groups excluding carboxylic acids is 3. The van der Waals surface area contributed by atoms with Gasteiger partial charge in [0.15, 0.2) is 0 Å². The fraction of sp³-hybridized carbons (Fsp3) is 0.500. The molecule has 2 amide bonds. The number of alkyl carbamates (subject to hydrolysis) is 1. The van der Waals surface area contributed by atoms with E-state index in [4.69, 9.17) is 9.47 Å². The summed E-state index contributed by atoms with van der Waals surface area (Å²) in [5, 5.41) is 2.59. The van der Waals surface area contributed by atoms with Crippen LogP contribution < -0.4 is 5.32 Å². The molecule has 0 bridgehead atoms. The minimum absolute atomic E-state index is 0.0185. The van der Waals surface area contributed by atoms with Gasteiger partial charge in [-0.15, -0.1) is 0 Å². The van der Waals surface area contributed by atoms with Gasteiger partial charge in [0.2, 0.25) is 5.91 Å². The van der Waals surface area contributed by atoms with Crippen molar-refractivity contribution in [2.24, 2.45) is 5.41 Å². The molecule has 1 N–H and O–H groups in total. The van der Waals surface area contributed by atoms with Crippen LogP contribution in [-0.2, 0) is 19.1 Å². The third-order valence-electron chi connectivity index (χ3n) is 6.22. The van der Waals surface area contributed by atoms with E-state index in [1.54, 1.807) is 4.90 Å². The highest BCUT2D eigenvalue weighted by molar-refractivity contribution is 5.83. The van der Waals surface area contributed by atoms with Crippen LogP contribution >= 0.6 is 0 Å². The van der Waals surface area contributed by atoms with Crippen LogP contribution in [0.3, 0.4) is 0 Å². The molecule has 0 saturated carbocycles. The van der Waals surface area contributed by atoms with E-state index in [-0.39, 0.29) is 49.3 Å². The second kappa shape index (κ2) is 11.8. The highest BCUT2D eigenvalue weighted by Crippen LogP contribution is 2.44. The van der Waals surface area contributed by atoms with Crippen LogP contribution in [0.1, 0.15) is 71.4 Å². The van der Waals surface area contributed by atoms with Crippen LogP contribution in [0.4, 0.5) is 4.79 Å². The SMILES string of the molecule is CC(C)(C)CCN(CCC(=O)OC(C)(C)C)C(=O)CNC(=O)OCC1c2ccccc2-c2ccccc21. The van der Waals surface area contributed by atoms with Crippen molar-refractivity contribution >= 4 is 18.0 Å². The summed E-state index contributed by atoms with van der Waals surface area (Å²) in [7, 11) is 0. The first-order valence-electron chi connectivity index (χ1n) is 12.9. The van der Waals surface area contributed by atoms with Crippen molar-refractivity contribution in [3.8, 4) is 11.1 Å². The van der Waals surface area contributed by atoms with Gasteiger partial charge in [0.05, 0.1) is 6.42 Å². The summed E-state index contributed by atoms with van der Waals surface area (Å²) in [6.07, 6.45) is 0.217. The summed E-state index contributed by atoms with van der Waals surface area (Å²) in [4.78, 5) is 39.3. The standard InChI is InChI=1S/C30H40N2O5/c1-29(2,3)16-18-32(17-15-27(34)37-30(4,5)6)26(33)19-31-28(35)36-20-25-23-13-9-7-11-21(23)22-12-8-10-14-24(22)25/h7-14,25H,15-20H2,1-6H3,(H,31,35). The molecule has 0 heterocycles. The van der Waals surface area contributed by atoms with Gasteiger partial charge in [-0.05, 0) is 54.9 Å². The molecule has 3 rings (SSSR count). The number of esters is 1. The average Bonchev–Trinajstić information content (AvgIpc) is 3.13. The van der Waals surface area contributed by atoms with Gasteiger partial charge < -0.3 is 19.7 Å². The van der Waals surface area contributed by atoms with Crippen LogP contribution in [-0.4, -0.2) is 54.7 Å². The van der Waals surface area contributed by atoms with Gasteiger partial charge >= 0.3 is 12.1 Å². The van der Waals surface area contributed by atoms with Gasteiger partial charge in [0.1, 0.15) is 18.8 Å². The molecule has 2 aromatic rings. The Balaban J connectivity index is 1.54. The molecule has 0 aliphatic heterocycles. The molecule has 0 atom stereocenters. The second-order valence-electron chi connectivity index (χ2n) is 11.7. The van der Waals surface area contributed by atoms with E-state index in [1.807, 2.05) is 45.0 Å². The molecule has 200 valence electrons. The largest absolute Gasteiger partial charge is 0.460 e. The van der Waals surface area contributed by atoms with Gasteiger partial charge in [-0.2, -0.15) is 0 Å². The quantitative estimate of drug-likeness (QED) is 0.451. The number of nitrogens with one attached hydrogen (secondary N) is 1. The third kappa shape index (κ3) is 8.34. The first-order valence-corrected chi connectivity index (χ1v) is 12.9. The zero-order valence-corrected chi connectivity index (χ0v) is 22.9. The first-order chi connectivity index (χ1) is 17.3. The number of hydrogen-bond donors (Lipinski definition) is 1. The highest BCUT2D eigenvalue weighted by atomic mass is 16.6. The van der Waals surface area contributed by atoms with Gasteiger partial charge in [-0.1, -0.05) is 69.3 Å². The summed E-state index contributed by atoms with van der Waals surface area (Å²) in [5.74, 6) is -0.669. The van der Waals surface area contributed by atoms with Crippen molar-refractivity contribution in [3.05, 3.63) is 59.7 Å². The van der Waals surface area contributed by atoms with Crippen LogP contribution in [0.5, 0.6) is 0 Å². The van der Waals surface area contributed by atoms with E-state index in [1.165, 1.54) is 0 Å². The predicted molar refractivity (Wildman–Crippen MR) is 144 cm³/mol. The molecule has 0 fully saturated rings. The smallest absolute Gasteiger partial charge is 0.407 e. The first kappa shape index (κ1) is 28.2. The average molecular weight is 509 g/mol. The molecule has 2 aromatic carbocycles. The fourth-order valence-corrected chi connectivity index (χ4v) is 4.36. The number of carbonyl (C=O) groups is 3. The second-order valence-corrected chi connectivity index (χ2v) is 11.7. The summed E-state index contributed by atoms with van der Waals surface area (Å²) in [5.41, 5.74) is 4.00. The summed E-state index contributed by atoms with van der Waals surface area (Å²) >= 11 is 0. The van der Waals surface area contributed by atoms with Crippen LogP contribution in [0.2, 0.25) is 0 Å². The number of rotatable bonds is 9. The Morgan fingerprint density at radius 1 is 0.865 bits per heavy atom. The van der Waals surface area contributed by atoms with Gasteiger partial charge in [0, 0.05) is 19.0 Å². The minimum atomic E-state index is -0.641. The van der Waals surface area contributed by atoms with Gasteiger partial charge in [0.25, 0.3) is 0 Å². The fourth-order valence-electron chi connectivity index (χ4n) is 4.36. The molecule has 0 aromatic heterocycles. The Hall–Kier alpha value is -3.35.